The van der Waals surface area contributed by atoms with Gasteiger partial charge in [-0.3, -0.25) is 4.79 Å². The molecule has 1 aromatic rings. The standard InChI is InChI=1S/C12H16BrFN2O/c1-12(2,3)10(15)11(17)16-9-7(13)5-4-6-8(9)14/h4-6,10H,15H2,1-3H3,(H,16,17). The molecular formula is C12H16BrFN2O. The summed E-state index contributed by atoms with van der Waals surface area (Å²) in [5, 5.41) is 2.50. The van der Waals surface area contributed by atoms with Crippen LogP contribution in [0.3, 0.4) is 0 Å². The number of carbonyl (C=O) groups excluding carboxylic acids is 1. The maximum Gasteiger partial charge on any atom is 0.241 e. The molecule has 0 saturated carbocycles. The van der Waals surface area contributed by atoms with Gasteiger partial charge in [0, 0.05) is 4.47 Å². The largest absolute Gasteiger partial charge is 0.321 e. The number of nitrogens with one attached hydrogen (secondary N) is 1. The summed E-state index contributed by atoms with van der Waals surface area (Å²) in [6.07, 6.45) is 0. The summed E-state index contributed by atoms with van der Waals surface area (Å²) in [5.41, 5.74) is 5.54. The van der Waals surface area contributed by atoms with E-state index in [1.165, 1.54) is 6.07 Å². The zero-order valence-corrected chi connectivity index (χ0v) is 11.6. The van der Waals surface area contributed by atoms with E-state index in [0.29, 0.717) is 4.47 Å². The van der Waals surface area contributed by atoms with Crippen molar-refractivity contribution in [2.75, 3.05) is 5.32 Å². The molecule has 1 aromatic carbocycles. The van der Waals surface area contributed by atoms with Crippen molar-refractivity contribution >= 4 is 27.5 Å². The zero-order chi connectivity index (χ0) is 13.2. The first-order valence-corrected chi connectivity index (χ1v) is 6.03. The Kier molecular flexibility index (Phi) is 4.27. The van der Waals surface area contributed by atoms with Gasteiger partial charge in [0.05, 0.1) is 11.7 Å². The number of halogens is 2. The lowest BCUT2D eigenvalue weighted by atomic mass is 9.87. The number of nitrogens with two attached hydrogens (primary N) is 1. The average molecular weight is 303 g/mol. The first-order valence-electron chi connectivity index (χ1n) is 5.24. The molecule has 0 heterocycles. The van der Waals surface area contributed by atoms with Gasteiger partial charge in [-0.1, -0.05) is 26.8 Å². The molecule has 0 saturated heterocycles. The Morgan fingerprint density at radius 1 is 1.47 bits per heavy atom. The second-order valence-electron chi connectivity index (χ2n) is 4.93. The highest BCUT2D eigenvalue weighted by Crippen LogP contribution is 2.26. The van der Waals surface area contributed by atoms with Gasteiger partial charge in [-0.05, 0) is 33.5 Å². The molecule has 0 aliphatic carbocycles. The maximum absolute atomic E-state index is 13.5. The summed E-state index contributed by atoms with van der Waals surface area (Å²) in [6.45, 7) is 5.56. The Morgan fingerprint density at radius 2 is 2.06 bits per heavy atom. The summed E-state index contributed by atoms with van der Waals surface area (Å²) >= 11 is 3.18. The monoisotopic (exact) mass is 302 g/mol. The van der Waals surface area contributed by atoms with Gasteiger partial charge in [0.1, 0.15) is 5.82 Å². The molecule has 1 unspecified atom stereocenters. The predicted octanol–water partition coefficient (Wildman–Crippen LogP) is 2.90. The fraction of sp³-hybridized carbons (Fsp3) is 0.417. The lowest BCUT2D eigenvalue weighted by molar-refractivity contribution is -0.119. The minimum absolute atomic E-state index is 0.122. The highest BCUT2D eigenvalue weighted by atomic mass is 79.9. The molecule has 0 aromatic heterocycles. The van der Waals surface area contributed by atoms with Gasteiger partial charge in [-0.2, -0.15) is 0 Å². The Bertz CT molecular complexity index is 409. The van der Waals surface area contributed by atoms with Crippen LogP contribution in [0.1, 0.15) is 20.8 Å². The Labute approximate surface area is 109 Å². The molecule has 17 heavy (non-hydrogen) atoms. The first-order chi connectivity index (χ1) is 7.73. The molecule has 3 N–H and O–H groups in total. The molecule has 0 bridgehead atoms. The van der Waals surface area contributed by atoms with Crippen LogP contribution in [0.2, 0.25) is 0 Å². The van der Waals surface area contributed by atoms with Gasteiger partial charge < -0.3 is 11.1 Å². The molecule has 5 heteroatoms. The third-order valence-corrected chi connectivity index (χ3v) is 3.09. The quantitative estimate of drug-likeness (QED) is 0.882. The number of para-hydroxylation sites is 1. The van der Waals surface area contributed by atoms with E-state index < -0.39 is 17.8 Å². The number of anilines is 1. The third-order valence-electron chi connectivity index (χ3n) is 2.43. The average Bonchev–Trinajstić information content (AvgIpc) is 2.21. The SMILES string of the molecule is CC(C)(C)C(N)C(=O)Nc1c(F)cccc1Br. The van der Waals surface area contributed by atoms with E-state index in [4.69, 9.17) is 5.73 Å². The Hall–Kier alpha value is -0.940. The predicted molar refractivity (Wildman–Crippen MR) is 70.2 cm³/mol. The minimum atomic E-state index is -0.700. The van der Waals surface area contributed by atoms with E-state index in [1.807, 2.05) is 20.8 Å². The van der Waals surface area contributed by atoms with Gasteiger partial charge in [0.15, 0.2) is 0 Å². The Morgan fingerprint density at radius 3 is 2.53 bits per heavy atom. The summed E-state index contributed by atoms with van der Waals surface area (Å²) in [7, 11) is 0. The van der Waals surface area contributed by atoms with E-state index in [0.717, 1.165) is 0 Å². The van der Waals surface area contributed by atoms with Gasteiger partial charge in [0.2, 0.25) is 5.91 Å². The molecule has 1 rings (SSSR count). The number of hydrogen-bond acceptors (Lipinski definition) is 2. The fourth-order valence-corrected chi connectivity index (χ4v) is 1.65. The Balaban J connectivity index is 2.89. The van der Waals surface area contributed by atoms with E-state index in [2.05, 4.69) is 21.2 Å². The van der Waals surface area contributed by atoms with E-state index in [-0.39, 0.29) is 11.1 Å². The smallest absolute Gasteiger partial charge is 0.241 e. The number of benzene rings is 1. The van der Waals surface area contributed by atoms with E-state index in [1.54, 1.807) is 12.1 Å². The summed E-state index contributed by atoms with van der Waals surface area (Å²) in [6, 6.07) is 3.79. The van der Waals surface area contributed by atoms with Crippen LogP contribution in [0.4, 0.5) is 10.1 Å². The van der Waals surface area contributed by atoms with Crippen LogP contribution in [0.5, 0.6) is 0 Å². The number of hydrogen-bond donors (Lipinski definition) is 2. The van der Waals surface area contributed by atoms with Crippen molar-refractivity contribution in [3.63, 3.8) is 0 Å². The summed E-state index contributed by atoms with van der Waals surface area (Å²) in [4.78, 5) is 11.8. The van der Waals surface area contributed by atoms with Crippen LogP contribution in [-0.2, 0) is 4.79 Å². The molecule has 1 atom stereocenters. The second-order valence-corrected chi connectivity index (χ2v) is 5.78. The normalized spacial score (nSPS) is 13.3. The summed E-state index contributed by atoms with van der Waals surface area (Å²) < 4.78 is 14.0. The van der Waals surface area contributed by atoms with Crippen molar-refractivity contribution in [2.45, 2.75) is 26.8 Å². The zero-order valence-electron chi connectivity index (χ0n) is 10.1. The van der Waals surface area contributed by atoms with Crippen LogP contribution < -0.4 is 11.1 Å². The molecule has 0 fully saturated rings. The van der Waals surface area contributed by atoms with Crippen molar-refractivity contribution < 1.29 is 9.18 Å². The first kappa shape index (κ1) is 14.1. The highest BCUT2D eigenvalue weighted by Gasteiger charge is 2.28. The lowest BCUT2D eigenvalue weighted by Crippen LogP contribution is -2.45. The topological polar surface area (TPSA) is 55.1 Å². The highest BCUT2D eigenvalue weighted by molar-refractivity contribution is 9.10. The van der Waals surface area contributed by atoms with Gasteiger partial charge in [0.25, 0.3) is 0 Å². The number of carbonyl (C=O) groups is 1. The van der Waals surface area contributed by atoms with Crippen molar-refractivity contribution in [2.24, 2.45) is 11.1 Å². The fourth-order valence-electron chi connectivity index (χ4n) is 1.21. The van der Waals surface area contributed by atoms with Gasteiger partial charge in [-0.25, -0.2) is 4.39 Å². The second kappa shape index (κ2) is 5.14. The van der Waals surface area contributed by atoms with Crippen molar-refractivity contribution in [1.82, 2.24) is 0 Å². The van der Waals surface area contributed by atoms with E-state index >= 15 is 0 Å². The molecule has 0 spiro atoms. The molecule has 0 radical (unpaired) electrons. The van der Waals surface area contributed by atoms with Crippen LogP contribution in [0.15, 0.2) is 22.7 Å². The van der Waals surface area contributed by atoms with Crippen molar-refractivity contribution in [3.05, 3.63) is 28.5 Å². The van der Waals surface area contributed by atoms with Crippen LogP contribution in [0, 0.1) is 11.2 Å². The molecule has 94 valence electrons. The molecule has 1 amide bonds. The van der Waals surface area contributed by atoms with Crippen LogP contribution in [0.25, 0.3) is 0 Å². The minimum Gasteiger partial charge on any atom is -0.321 e. The third kappa shape index (κ3) is 3.51. The molecular weight excluding hydrogens is 287 g/mol. The van der Waals surface area contributed by atoms with Crippen LogP contribution in [-0.4, -0.2) is 11.9 Å². The van der Waals surface area contributed by atoms with Crippen molar-refractivity contribution in [3.8, 4) is 0 Å². The number of rotatable bonds is 2. The number of amides is 1. The molecule has 0 aliphatic heterocycles. The molecule has 3 nitrogen and oxygen atoms in total. The van der Waals surface area contributed by atoms with E-state index in [9.17, 15) is 9.18 Å². The lowest BCUT2D eigenvalue weighted by Gasteiger charge is -2.26. The molecule has 0 aliphatic rings. The van der Waals surface area contributed by atoms with Crippen LogP contribution >= 0.6 is 15.9 Å². The maximum atomic E-state index is 13.5. The van der Waals surface area contributed by atoms with Gasteiger partial charge in [-0.15, -0.1) is 0 Å². The van der Waals surface area contributed by atoms with Gasteiger partial charge >= 0.3 is 0 Å². The van der Waals surface area contributed by atoms with Crippen molar-refractivity contribution in [1.29, 1.82) is 0 Å². The summed E-state index contributed by atoms with van der Waals surface area (Å²) in [5.74, 6) is -0.892.